The van der Waals surface area contributed by atoms with Gasteiger partial charge >= 0.3 is 0 Å². The molecule has 0 fully saturated rings. The molecule has 0 saturated heterocycles. The van der Waals surface area contributed by atoms with Gasteiger partial charge in [0.2, 0.25) is 5.91 Å². The Bertz CT molecular complexity index is 134. The van der Waals surface area contributed by atoms with Crippen molar-refractivity contribution < 1.29 is 9.53 Å². The van der Waals surface area contributed by atoms with Crippen LogP contribution in [0.3, 0.4) is 0 Å². The van der Waals surface area contributed by atoms with Crippen LogP contribution in [0.5, 0.6) is 0 Å². The summed E-state index contributed by atoms with van der Waals surface area (Å²) in [4.78, 5) is 13.1. The van der Waals surface area contributed by atoms with E-state index in [-0.39, 0.29) is 11.8 Å². The molecule has 12 heavy (non-hydrogen) atoms. The van der Waals surface area contributed by atoms with Gasteiger partial charge in [-0.3, -0.25) is 4.79 Å². The van der Waals surface area contributed by atoms with Gasteiger partial charge in [-0.15, -0.1) is 0 Å². The molecule has 0 heterocycles. The second-order valence-electron chi connectivity index (χ2n) is 3.26. The highest BCUT2D eigenvalue weighted by Crippen LogP contribution is 1.99. The van der Waals surface area contributed by atoms with Gasteiger partial charge < -0.3 is 9.64 Å². The third-order valence-electron chi connectivity index (χ3n) is 1.71. The van der Waals surface area contributed by atoms with Crippen LogP contribution in [-0.2, 0) is 9.53 Å². The summed E-state index contributed by atoms with van der Waals surface area (Å²) in [6.07, 6.45) is 0.908. The topological polar surface area (TPSA) is 29.5 Å². The number of ether oxygens (including phenoxy) is 1. The van der Waals surface area contributed by atoms with E-state index >= 15 is 0 Å². The zero-order valence-corrected chi connectivity index (χ0v) is 8.46. The van der Waals surface area contributed by atoms with Crippen molar-refractivity contribution in [2.45, 2.75) is 20.3 Å². The van der Waals surface area contributed by atoms with E-state index in [1.54, 1.807) is 12.0 Å². The largest absolute Gasteiger partial charge is 0.385 e. The summed E-state index contributed by atoms with van der Waals surface area (Å²) in [6, 6.07) is 0. The van der Waals surface area contributed by atoms with Crippen LogP contribution in [0, 0.1) is 5.92 Å². The number of methoxy groups -OCH3 is 1. The highest BCUT2D eigenvalue weighted by Gasteiger charge is 2.11. The molecule has 0 saturated carbocycles. The minimum Gasteiger partial charge on any atom is -0.385 e. The Hall–Kier alpha value is -0.570. The standard InChI is InChI=1S/C9H19NO2/c1-8(2)9(11)10(3)6-5-7-12-4/h8H,5-7H2,1-4H3. The molecule has 1 amide bonds. The third kappa shape index (κ3) is 4.34. The van der Waals surface area contributed by atoms with Crippen LogP contribution in [0.25, 0.3) is 0 Å². The Morgan fingerprint density at radius 1 is 1.50 bits per heavy atom. The molecule has 3 nitrogen and oxygen atoms in total. The average molecular weight is 173 g/mol. The fourth-order valence-corrected chi connectivity index (χ4v) is 0.997. The quantitative estimate of drug-likeness (QED) is 0.583. The molecular weight excluding hydrogens is 154 g/mol. The van der Waals surface area contributed by atoms with Gasteiger partial charge in [-0.25, -0.2) is 0 Å². The number of carbonyl (C=O) groups excluding carboxylic acids is 1. The number of carbonyl (C=O) groups is 1. The van der Waals surface area contributed by atoms with E-state index in [1.165, 1.54) is 0 Å². The number of nitrogens with zero attached hydrogens (tertiary/aromatic N) is 1. The second kappa shape index (κ2) is 6.00. The summed E-state index contributed by atoms with van der Waals surface area (Å²) >= 11 is 0. The molecule has 3 heteroatoms. The first-order valence-electron chi connectivity index (χ1n) is 4.33. The molecule has 0 aromatic carbocycles. The number of hydrogen-bond acceptors (Lipinski definition) is 2. The first-order valence-corrected chi connectivity index (χ1v) is 4.33. The van der Waals surface area contributed by atoms with E-state index in [9.17, 15) is 4.79 Å². The molecule has 0 aromatic heterocycles. The number of amides is 1. The number of hydrogen-bond donors (Lipinski definition) is 0. The Labute approximate surface area is 74.7 Å². The minimum atomic E-state index is 0.0949. The van der Waals surface area contributed by atoms with E-state index in [2.05, 4.69) is 0 Å². The molecule has 0 spiro atoms. The van der Waals surface area contributed by atoms with E-state index in [1.807, 2.05) is 20.9 Å². The van der Waals surface area contributed by atoms with Crippen LogP contribution in [0.4, 0.5) is 0 Å². The van der Waals surface area contributed by atoms with Crippen LogP contribution in [-0.4, -0.2) is 38.1 Å². The van der Waals surface area contributed by atoms with Crippen molar-refractivity contribution in [1.82, 2.24) is 4.90 Å². The lowest BCUT2D eigenvalue weighted by atomic mass is 10.2. The van der Waals surface area contributed by atoms with Crippen LogP contribution in [0.15, 0.2) is 0 Å². The van der Waals surface area contributed by atoms with Gasteiger partial charge in [0.25, 0.3) is 0 Å². The predicted molar refractivity (Wildman–Crippen MR) is 49.0 cm³/mol. The normalized spacial score (nSPS) is 10.4. The van der Waals surface area contributed by atoms with Crippen LogP contribution in [0.1, 0.15) is 20.3 Å². The molecule has 0 aromatic rings. The fourth-order valence-electron chi connectivity index (χ4n) is 0.997. The van der Waals surface area contributed by atoms with Crippen molar-refractivity contribution in [2.75, 3.05) is 27.3 Å². The highest BCUT2D eigenvalue weighted by atomic mass is 16.5. The lowest BCUT2D eigenvalue weighted by Crippen LogP contribution is -2.31. The Morgan fingerprint density at radius 2 is 2.08 bits per heavy atom. The van der Waals surface area contributed by atoms with E-state index < -0.39 is 0 Å². The zero-order chi connectivity index (χ0) is 9.56. The molecule has 0 bridgehead atoms. The molecular formula is C9H19NO2. The number of rotatable bonds is 5. The van der Waals surface area contributed by atoms with Gasteiger partial charge in [-0.05, 0) is 6.42 Å². The molecule has 0 rings (SSSR count). The van der Waals surface area contributed by atoms with Gasteiger partial charge in [0.05, 0.1) is 0 Å². The molecule has 0 unspecified atom stereocenters. The van der Waals surface area contributed by atoms with Gasteiger partial charge in [-0.2, -0.15) is 0 Å². The lowest BCUT2D eigenvalue weighted by molar-refractivity contribution is -0.133. The summed E-state index contributed by atoms with van der Waals surface area (Å²) in [5.74, 6) is 0.295. The van der Waals surface area contributed by atoms with Crippen LogP contribution >= 0.6 is 0 Å². The second-order valence-corrected chi connectivity index (χ2v) is 3.26. The first kappa shape index (κ1) is 11.4. The minimum absolute atomic E-state index is 0.0949. The maximum atomic E-state index is 11.3. The summed E-state index contributed by atoms with van der Waals surface area (Å²) < 4.78 is 4.89. The van der Waals surface area contributed by atoms with Gasteiger partial charge in [-0.1, -0.05) is 13.8 Å². The maximum Gasteiger partial charge on any atom is 0.224 e. The highest BCUT2D eigenvalue weighted by molar-refractivity contribution is 5.77. The molecule has 0 aliphatic rings. The maximum absolute atomic E-state index is 11.3. The molecule has 0 N–H and O–H groups in total. The molecule has 0 aliphatic heterocycles. The molecule has 0 radical (unpaired) electrons. The van der Waals surface area contributed by atoms with E-state index in [4.69, 9.17) is 4.74 Å². The Balaban J connectivity index is 3.57. The van der Waals surface area contributed by atoms with Crippen LogP contribution < -0.4 is 0 Å². The van der Waals surface area contributed by atoms with Crippen molar-refractivity contribution in [3.05, 3.63) is 0 Å². The molecule has 0 atom stereocenters. The van der Waals surface area contributed by atoms with Crippen molar-refractivity contribution in [1.29, 1.82) is 0 Å². The zero-order valence-electron chi connectivity index (χ0n) is 8.46. The first-order chi connectivity index (χ1) is 5.59. The smallest absolute Gasteiger partial charge is 0.224 e. The van der Waals surface area contributed by atoms with Crippen LogP contribution in [0.2, 0.25) is 0 Å². The average Bonchev–Trinajstić information content (AvgIpc) is 2.03. The van der Waals surface area contributed by atoms with Gasteiger partial charge in [0.15, 0.2) is 0 Å². The lowest BCUT2D eigenvalue weighted by Gasteiger charge is -2.18. The third-order valence-corrected chi connectivity index (χ3v) is 1.71. The van der Waals surface area contributed by atoms with Crippen molar-refractivity contribution in [3.63, 3.8) is 0 Å². The summed E-state index contributed by atoms with van der Waals surface area (Å²) in [6.45, 7) is 5.32. The van der Waals surface area contributed by atoms with Gasteiger partial charge in [0, 0.05) is 33.2 Å². The summed E-state index contributed by atoms with van der Waals surface area (Å²) in [5, 5.41) is 0. The molecule has 0 aliphatic carbocycles. The predicted octanol–water partition coefficient (Wildman–Crippen LogP) is 1.14. The Kier molecular flexibility index (Phi) is 5.72. The van der Waals surface area contributed by atoms with Crippen molar-refractivity contribution in [2.24, 2.45) is 5.92 Å². The van der Waals surface area contributed by atoms with Gasteiger partial charge in [0.1, 0.15) is 0 Å². The summed E-state index contributed by atoms with van der Waals surface area (Å²) in [7, 11) is 3.50. The SMILES string of the molecule is COCCCN(C)C(=O)C(C)C. The monoisotopic (exact) mass is 173 g/mol. The van der Waals surface area contributed by atoms with E-state index in [0.717, 1.165) is 19.6 Å². The molecule has 72 valence electrons. The van der Waals surface area contributed by atoms with Crippen molar-refractivity contribution >= 4 is 5.91 Å². The fraction of sp³-hybridized carbons (Fsp3) is 0.889. The Morgan fingerprint density at radius 3 is 2.50 bits per heavy atom. The van der Waals surface area contributed by atoms with E-state index in [0.29, 0.717) is 0 Å². The summed E-state index contributed by atoms with van der Waals surface area (Å²) in [5.41, 5.74) is 0. The van der Waals surface area contributed by atoms with Crippen molar-refractivity contribution in [3.8, 4) is 0 Å².